The summed E-state index contributed by atoms with van der Waals surface area (Å²) in [6.07, 6.45) is 5.18. The third-order valence-electron chi connectivity index (χ3n) is 3.64. The summed E-state index contributed by atoms with van der Waals surface area (Å²) in [5.41, 5.74) is 0. The zero-order valence-corrected chi connectivity index (χ0v) is 11.2. The number of carbonyl (C=O) groups is 1. The number of rotatable bonds is 8. The van der Waals surface area contributed by atoms with Crippen LogP contribution in [0.4, 0.5) is 0 Å². The van der Waals surface area contributed by atoms with E-state index < -0.39 is 0 Å². The zero-order valence-electron chi connectivity index (χ0n) is 11.2. The Labute approximate surface area is 101 Å². The third kappa shape index (κ3) is 5.29. The summed E-state index contributed by atoms with van der Waals surface area (Å²) in [4.78, 5) is 11.8. The van der Waals surface area contributed by atoms with Crippen LogP contribution in [-0.4, -0.2) is 5.78 Å². The Bertz CT molecular complexity index is 218. The number of carbonyl (C=O) groups excluding carboxylic acids is 1. The first-order valence-corrected chi connectivity index (χ1v) is 6.19. The van der Waals surface area contributed by atoms with E-state index in [2.05, 4.69) is 40.9 Å². The van der Waals surface area contributed by atoms with Crippen LogP contribution in [0.1, 0.15) is 40.5 Å². The SMILES string of the molecule is C=CC(C)C(C)CC(=O)CC(C)C(C)C=C. The minimum Gasteiger partial charge on any atom is -0.300 e. The van der Waals surface area contributed by atoms with E-state index in [9.17, 15) is 4.79 Å². The molecule has 4 unspecified atom stereocenters. The van der Waals surface area contributed by atoms with Gasteiger partial charge in [0, 0.05) is 12.8 Å². The first-order valence-electron chi connectivity index (χ1n) is 6.19. The molecule has 0 saturated carbocycles. The van der Waals surface area contributed by atoms with Gasteiger partial charge in [0.2, 0.25) is 0 Å². The van der Waals surface area contributed by atoms with Gasteiger partial charge in [0.1, 0.15) is 5.78 Å². The normalized spacial score (nSPS) is 18.2. The molecule has 0 fully saturated rings. The average molecular weight is 222 g/mol. The quantitative estimate of drug-likeness (QED) is 0.561. The largest absolute Gasteiger partial charge is 0.300 e. The first-order chi connectivity index (χ1) is 7.42. The predicted octanol–water partition coefficient (Wildman–Crippen LogP) is 4.25. The van der Waals surface area contributed by atoms with Crippen LogP contribution in [0.25, 0.3) is 0 Å². The minimum absolute atomic E-state index is 0.363. The van der Waals surface area contributed by atoms with Crippen molar-refractivity contribution in [1.29, 1.82) is 0 Å². The maximum absolute atomic E-state index is 11.8. The van der Waals surface area contributed by atoms with Gasteiger partial charge in [-0.25, -0.2) is 0 Å². The van der Waals surface area contributed by atoms with Gasteiger partial charge in [-0.05, 0) is 23.7 Å². The lowest BCUT2D eigenvalue weighted by atomic mass is 9.86. The van der Waals surface area contributed by atoms with E-state index in [1.165, 1.54) is 0 Å². The molecule has 0 saturated heterocycles. The fourth-order valence-corrected chi connectivity index (χ4v) is 1.64. The van der Waals surface area contributed by atoms with Crippen LogP contribution in [0.5, 0.6) is 0 Å². The topological polar surface area (TPSA) is 17.1 Å². The highest BCUT2D eigenvalue weighted by atomic mass is 16.1. The molecule has 0 aromatic heterocycles. The summed E-state index contributed by atoms with van der Waals surface area (Å²) >= 11 is 0. The van der Waals surface area contributed by atoms with Gasteiger partial charge in [0.25, 0.3) is 0 Å². The Morgan fingerprint density at radius 2 is 1.25 bits per heavy atom. The lowest BCUT2D eigenvalue weighted by molar-refractivity contribution is -0.121. The van der Waals surface area contributed by atoms with Crippen LogP contribution in [-0.2, 0) is 4.79 Å². The van der Waals surface area contributed by atoms with E-state index >= 15 is 0 Å². The summed E-state index contributed by atoms with van der Waals surface area (Å²) in [6.45, 7) is 16.0. The number of Topliss-reactive ketones (excluding diaryl/α,β-unsaturated/α-hetero) is 1. The van der Waals surface area contributed by atoms with Crippen LogP contribution in [0.15, 0.2) is 25.3 Å². The molecule has 0 N–H and O–H groups in total. The van der Waals surface area contributed by atoms with Gasteiger partial charge >= 0.3 is 0 Å². The smallest absolute Gasteiger partial charge is 0.133 e. The molecule has 0 amide bonds. The van der Waals surface area contributed by atoms with E-state index in [0.717, 1.165) is 0 Å². The molecule has 0 bridgehead atoms. The molecule has 0 heterocycles. The molecule has 0 aromatic rings. The Morgan fingerprint density at radius 3 is 1.50 bits per heavy atom. The third-order valence-corrected chi connectivity index (χ3v) is 3.64. The lowest BCUT2D eigenvalue weighted by Crippen LogP contribution is -2.16. The van der Waals surface area contributed by atoms with Crippen molar-refractivity contribution >= 4 is 5.78 Å². The number of hydrogen-bond acceptors (Lipinski definition) is 1. The summed E-state index contributed by atoms with van der Waals surface area (Å²) < 4.78 is 0. The van der Waals surface area contributed by atoms with E-state index in [0.29, 0.717) is 42.3 Å². The molecule has 0 radical (unpaired) electrons. The molecule has 0 aliphatic rings. The summed E-state index contributed by atoms with van der Waals surface area (Å²) in [5, 5.41) is 0. The molecule has 0 aliphatic heterocycles. The predicted molar refractivity (Wildman–Crippen MR) is 71.3 cm³/mol. The molecule has 0 aromatic carbocycles. The Kier molecular flexibility index (Phi) is 7.03. The summed E-state index contributed by atoms with van der Waals surface area (Å²) in [6, 6.07) is 0. The summed E-state index contributed by atoms with van der Waals surface area (Å²) in [7, 11) is 0. The Morgan fingerprint density at radius 1 is 0.938 bits per heavy atom. The van der Waals surface area contributed by atoms with Gasteiger partial charge < -0.3 is 0 Å². The lowest BCUT2D eigenvalue weighted by Gasteiger charge is -2.19. The second kappa shape index (κ2) is 7.43. The monoisotopic (exact) mass is 222 g/mol. The molecule has 0 spiro atoms. The van der Waals surface area contributed by atoms with Crippen LogP contribution >= 0.6 is 0 Å². The second-order valence-corrected chi connectivity index (χ2v) is 5.09. The zero-order chi connectivity index (χ0) is 12.7. The highest BCUT2D eigenvalue weighted by molar-refractivity contribution is 5.78. The van der Waals surface area contributed by atoms with E-state index in [-0.39, 0.29) is 0 Å². The number of ketones is 1. The van der Waals surface area contributed by atoms with Gasteiger partial charge in [-0.1, -0.05) is 39.8 Å². The van der Waals surface area contributed by atoms with Crippen LogP contribution in [0.2, 0.25) is 0 Å². The Balaban J connectivity index is 4.08. The highest BCUT2D eigenvalue weighted by Gasteiger charge is 2.17. The van der Waals surface area contributed by atoms with Gasteiger partial charge in [-0.2, -0.15) is 0 Å². The molecular weight excluding hydrogens is 196 g/mol. The second-order valence-electron chi connectivity index (χ2n) is 5.09. The van der Waals surface area contributed by atoms with Crippen LogP contribution < -0.4 is 0 Å². The average Bonchev–Trinajstić information content (AvgIpc) is 2.26. The molecule has 92 valence electrons. The van der Waals surface area contributed by atoms with Crippen molar-refractivity contribution in [2.24, 2.45) is 23.7 Å². The van der Waals surface area contributed by atoms with Crippen molar-refractivity contribution in [3.8, 4) is 0 Å². The van der Waals surface area contributed by atoms with Gasteiger partial charge in [-0.15, -0.1) is 13.2 Å². The standard InChI is InChI=1S/C15H26O/c1-7-11(3)13(5)9-15(16)10-14(6)12(4)8-2/h7-8,11-14H,1-2,9-10H2,3-6H3. The van der Waals surface area contributed by atoms with E-state index in [1.807, 2.05) is 12.2 Å². The van der Waals surface area contributed by atoms with Crippen molar-refractivity contribution in [1.82, 2.24) is 0 Å². The van der Waals surface area contributed by atoms with Crippen molar-refractivity contribution < 1.29 is 4.79 Å². The van der Waals surface area contributed by atoms with Crippen molar-refractivity contribution in [2.45, 2.75) is 40.5 Å². The van der Waals surface area contributed by atoms with Crippen LogP contribution in [0, 0.1) is 23.7 Å². The van der Waals surface area contributed by atoms with E-state index in [4.69, 9.17) is 0 Å². The molecule has 0 aliphatic carbocycles. The minimum atomic E-state index is 0.363. The fourth-order valence-electron chi connectivity index (χ4n) is 1.64. The van der Waals surface area contributed by atoms with Gasteiger partial charge in [0.05, 0.1) is 0 Å². The fraction of sp³-hybridized carbons (Fsp3) is 0.667. The maximum atomic E-state index is 11.8. The molecule has 1 nitrogen and oxygen atoms in total. The maximum Gasteiger partial charge on any atom is 0.133 e. The molecule has 1 heteroatoms. The number of allylic oxidation sites excluding steroid dienone is 2. The van der Waals surface area contributed by atoms with Gasteiger partial charge in [-0.3, -0.25) is 4.79 Å². The van der Waals surface area contributed by atoms with Gasteiger partial charge in [0.15, 0.2) is 0 Å². The van der Waals surface area contributed by atoms with Crippen LogP contribution in [0.3, 0.4) is 0 Å². The molecule has 0 rings (SSSR count). The summed E-state index contributed by atoms with van der Waals surface area (Å²) in [5.74, 6) is 1.99. The van der Waals surface area contributed by atoms with Crippen molar-refractivity contribution in [3.63, 3.8) is 0 Å². The van der Waals surface area contributed by atoms with Crippen molar-refractivity contribution in [3.05, 3.63) is 25.3 Å². The molecule has 4 atom stereocenters. The van der Waals surface area contributed by atoms with Crippen molar-refractivity contribution in [2.75, 3.05) is 0 Å². The molecule has 16 heavy (non-hydrogen) atoms. The highest BCUT2D eigenvalue weighted by Crippen LogP contribution is 2.21. The number of hydrogen-bond donors (Lipinski definition) is 0. The molecular formula is C15H26O. The Hall–Kier alpha value is -0.850. The first kappa shape index (κ1) is 15.2. The van der Waals surface area contributed by atoms with E-state index in [1.54, 1.807) is 0 Å².